The molecule has 1 amide bonds. The molecular weight excluding hydrogens is 288 g/mol. The van der Waals surface area contributed by atoms with Crippen LogP contribution in [0.2, 0.25) is 0 Å². The van der Waals surface area contributed by atoms with Gasteiger partial charge in [0.05, 0.1) is 0 Å². The molecule has 0 aliphatic carbocycles. The number of nitrogens with one attached hydrogen (secondary N) is 1. The quantitative estimate of drug-likeness (QED) is 0.926. The van der Waals surface area contributed by atoms with Gasteiger partial charge in [-0.15, -0.1) is 0 Å². The van der Waals surface area contributed by atoms with E-state index in [0.717, 1.165) is 64.1 Å². The third-order valence-electron chi connectivity index (χ3n) is 5.26. The fourth-order valence-electron chi connectivity index (χ4n) is 3.73. The predicted molar refractivity (Wildman–Crippen MR) is 90.1 cm³/mol. The molecular formula is C18H28N4O. The fourth-order valence-corrected chi connectivity index (χ4v) is 3.73. The van der Waals surface area contributed by atoms with Crippen LogP contribution in [0.4, 0.5) is 0 Å². The Balaban J connectivity index is 1.72. The first-order valence-electron chi connectivity index (χ1n) is 9.07. The lowest BCUT2D eigenvalue weighted by atomic mass is 9.94. The first kappa shape index (κ1) is 16.4. The van der Waals surface area contributed by atoms with E-state index >= 15 is 0 Å². The lowest BCUT2D eigenvalue weighted by Crippen LogP contribution is -2.42. The molecule has 5 heteroatoms. The number of hydrogen-bond acceptors (Lipinski definition) is 4. The second kappa shape index (κ2) is 7.39. The Bertz CT molecular complexity index is 556. The van der Waals surface area contributed by atoms with Crippen molar-refractivity contribution in [2.45, 2.75) is 58.4 Å². The lowest BCUT2D eigenvalue weighted by Gasteiger charge is -2.34. The van der Waals surface area contributed by atoms with Gasteiger partial charge in [-0.2, -0.15) is 0 Å². The van der Waals surface area contributed by atoms with Crippen LogP contribution < -0.4 is 5.32 Å². The Morgan fingerprint density at radius 3 is 3.04 bits per heavy atom. The molecule has 23 heavy (non-hydrogen) atoms. The Kier molecular flexibility index (Phi) is 5.26. The van der Waals surface area contributed by atoms with Crippen molar-refractivity contribution in [2.24, 2.45) is 5.92 Å². The van der Waals surface area contributed by atoms with Crippen LogP contribution in [-0.4, -0.2) is 40.4 Å². The first-order chi connectivity index (χ1) is 11.2. The largest absolute Gasteiger partial charge is 0.342 e. The maximum Gasteiger partial charge on any atom is 0.225 e. The molecule has 1 fully saturated rings. The Hall–Kier alpha value is -1.49. The summed E-state index contributed by atoms with van der Waals surface area (Å²) in [6.07, 6.45) is 6.96. The van der Waals surface area contributed by atoms with Crippen LogP contribution in [0, 0.1) is 5.92 Å². The van der Waals surface area contributed by atoms with Crippen LogP contribution in [0.25, 0.3) is 0 Å². The second-order valence-electron chi connectivity index (χ2n) is 6.76. The van der Waals surface area contributed by atoms with E-state index in [1.807, 2.05) is 6.20 Å². The lowest BCUT2D eigenvalue weighted by molar-refractivity contribution is -0.137. The van der Waals surface area contributed by atoms with E-state index < -0.39 is 0 Å². The Morgan fingerprint density at radius 1 is 1.43 bits per heavy atom. The Morgan fingerprint density at radius 2 is 2.26 bits per heavy atom. The summed E-state index contributed by atoms with van der Waals surface area (Å²) in [5.74, 6) is 1.72. The summed E-state index contributed by atoms with van der Waals surface area (Å²) >= 11 is 0. The van der Waals surface area contributed by atoms with E-state index in [4.69, 9.17) is 4.98 Å². The summed E-state index contributed by atoms with van der Waals surface area (Å²) in [5, 5.41) is 3.35. The van der Waals surface area contributed by atoms with Gasteiger partial charge in [-0.1, -0.05) is 13.8 Å². The van der Waals surface area contributed by atoms with Gasteiger partial charge in [-0.05, 0) is 25.7 Å². The highest BCUT2D eigenvalue weighted by Gasteiger charge is 2.29. The minimum absolute atomic E-state index is 0.171. The molecule has 0 bridgehead atoms. The van der Waals surface area contributed by atoms with Gasteiger partial charge >= 0.3 is 0 Å². The van der Waals surface area contributed by atoms with E-state index in [-0.39, 0.29) is 5.92 Å². The van der Waals surface area contributed by atoms with E-state index in [0.29, 0.717) is 11.8 Å². The maximum absolute atomic E-state index is 12.6. The van der Waals surface area contributed by atoms with Crippen LogP contribution in [-0.2, 0) is 17.8 Å². The van der Waals surface area contributed by atoms with Crippen molar-refractivity contribution in [3.63, 3.8) is 0 Å². The molecule has 0 aromatic carbocycles. The van der Waals surface area contributed by atoms with Gasteiger partial charge in [0.15, 0.2) is 0 Å². The zero-order chi connectivity index (χ0) is 16.2. The molecule has 1 atom stereocenters. The van der Waals surface area contributed by atoms with Gasteiger partial charge in [0.1, 0.15) is 5.82 Å². The highest BCUT2D eigenvalue weighted by atomic mass is 16.2. The molecule has 1 aromatic rings. The number of piperidine rings is 1. The number of carbonyl (C=O) groups excluding carboxylic acids is 1. The number of aromatic nitrogens is 2. The van der Waals surface area contributed by atoms with Gasteiger partial charge < -0.3 is 10.2 Å². The standard InChI is InChI=1S/C18H28N4O/c1-3-13(4-2)18(23)22-9-5-6-14(12-22)17-20-11-15-10-19-8-7-16(15)21-17/h11,13-14,19H,3-10,12H2,1-2H3/t14-/m0/s1. The van der Waals surface area contributed by atoms with E-state index in [2.05, 4.69) is 29.0 Å². The number of carbonyl (C=O) groups is 1. The molecule has 126 valence electrons. The molecule has 1 N–H and O–H groups in total. The van der Waals surface area contributed by atoms with Crippen molar-refractivity contribution in [3.8, 4) is 0 Å². The average molecular weight is 316 g/mol. The molecule has 3 heterocycles. The first-order valence-corrected chi connectivity index (χ1v) is 9.07. The zero-order valence-corrected chi connectivity index (χ0v) is 14.3. The van der Waals surface area contributed by atoms with Gasteiger partial charge in [-0.25, -0.2) is 9.97 Å². The zero-order valence-electron chi connectivity index (χ0n) is 14.3. The maximum atomic E-state index is 12.6. The molecule has 0 unspecified atom stereocenters. The minimum Gasteiger partial charge on any atom is -0.342 e. The molecule has 0 saturated carbocycles. The monoisotopic (exact) mass is 316 g/mol. The SMILES string of the molecule is CCC(CC)C(=O)N1CCC[C@H](c2ncc3c(n2)CCNC3)C1. The van der Waals surface area contributed by atoms with Crippen LogP contribution in [0.3, 0.4) is 0 Å². The summed E-state index contributed by atoms with van der Waals surface area (Å²) in [4.78, 5) is 24.1. The van der Waals surface area contributed by atoms with Gasteiger partial charge in [-0.3, -0.25) is 4.79 Å². The topological polar surface area (TPSA) is 58.1 Å². The number of hydrogen-bond donors (Lipinski definition) is 1. The number of nitrogens with zero attached hydrogens (tertiary/aromatic N) is 3. The summed E-state index contributed by atoms with van der Waals surface area (Å²) in [7, 11) is 0. The molecule has 3 rings (SSSR count). The van der Waals surface area contributed by atoms with Gasteiger partial charge in [0.25, 0.3) is 0 Å². The summed E-state index contributed by atoms with van der Waals surface area (Å²) in [6, 6.07) is 0. The summed E-state index contributed by atoms with van der Waals surface area (Å²) in [6.45, 7) is 7.75. The molecule has 2 aliphatic rings. The average Bonchev–Trinajstić information content (AvgIpc) is 2.62. The minimum atomic E-state index is 0.171. The molecule has 5 nitrogen and oxygen atoms in total. The smallest absolute Gasteiger partial charge is 0.225 e. The van der Waals surface area contributed by atoms with Crippen molar-refractivity contribution in [3.05, 3.63) is 23.3 Å². The molecule has 1 aromatic heterocycles. The number of rotatable bonds is 4. The highest BCUT2D eigenvalue weighted by Crippen LogP contribution is 2.27. The van der Waals surface area contributed by atoms with Crippen LogP contribution in [0.5, 0.6) is 0 Å². The molecule has 2 aliphatic heterocycles. The number of likely N-dealkylation sites (tertiary alicyclic amines) is 1. The highest BCUT2D eigenvalue weighted by molar-refractivity contribution is 5.78. The van der Waals surface area contributed by atoms with Crippen LogP contribution >= 0.6 is 0 Å². The third kappa shape index (κ3) is 3.55. The van der Waals surface area contributed by atoms with E-state index in [1.165, 1.54) is 11.3 Å². The second-order valence-corrected chi connectivity index (χ2v) is 6.76. The molecule has 0 radical (unpaired) electrons. The fraction of sp³-hybridized carbons (Fsp3) is 0.722. The summed E-state index contributed by atoms with van der Waals surface area (Å²) < 4.78 is 0. The molecule has 0 spiro atoms. The third-order valence-corrected chi connectivity index (χ3v) is 5.26. The predicted octanol–water partition coefficient (Wildman–Crippen LogP) is 2.26. The van der Waals surface area contributed by atoms with Crippen molar-refractivity contribution < 1.29 is 4.79 Å². The van der Waals surface area contributed by atoms with Crippen molar-refractivity contribution in [1.82, 2.24) is 20.2 Å². The van der Waals surface area contributed by atoms with Crippen LogP contribution in [0.1, 0.15) is 62.5 Å². The van der Waals surface area contributed by atoms with Crippen LogP contribution in [0.15, 0.2) is 6.20 Å². The van der Waals surface area contributed by atoms with Gasteiger partial charge in [0, 0.05) is 61.9 Å². The van der Waals surface area contributed by atoms with Crippen molar-refractivity contribution in [2.75, 3.05) is 19.6 Å². The van der Waals surface area contributed by atoms with E-state index in [1.54, 1.807) is 0 Å². The van der Waals surface area contributed by atoms with E-state index in [9.17, 15) is 4.79 Å². The van der Waals surface area contributed by atoms with Crippen molar-refractivity contribution >= 4 is 5.91 Å². The normalized spacial score (nSPS) is 21.3. The number of amides is 1. The van der Waals surface area contributed by atoms with Crippen molar-refractivity contribution in [1.29, 1.82) is 0 Å². The Labute approximate surface area is 138 Å². The van der Waals surface area contributed by atoms with Gasteiger partial charge in [0.2, 0.25) is 5.91 Å². The number of fused-ring (bicyclic) bond motifs is 1. The summed E-state index contributed by atoms with van der Waals surface area (Å²) in [5.41, 5.74) is 2.41. The molecule has 1 saturated heterocycles.